The van der Waals surface area contributed by atoms with E-state index in [0.29, 0.717) is 11.4 Å². The Labute approximate surface area is 173 Å². The first-order valence-corrected chi connectivity index (χ1v) is 10.1. The average Bonchev–Trinajstić information content (AvgIpc) is 3.37. The van der Waals surface area contributed by atoms with Gasteiger partial charge in [0, 0.05) is 11.6 Å². The van der Waals surface area contributed by atoms with Crippen LogP contribution in [-0.4, -0.2) is 30.6 Å². The Hall–Kier alpha value is -3.35. The molecule has 1 amide bonds. The maximum atomic E-state index is 12.5. The van der Waals surface area contributed by atoms with Gasteiger partial charge >= 0.3 is 11.9 Å². The molecule has 1 saturated heterocycles. The fourth-order valence-corrected chi connectivity index (χ4v) is 4.99. The lowest BCUT2D eigenvalue weighted by Crippen LogP contribution is -2.34. The van der Waals surface area contributed by atoms with Crippen molar-refractivity contribution >= 4 is 23.5 Å². The van der Waals surface area contributed by atoms with Crippen LogP contribution in [-0.2, 0) is 23.9 Å². The molecule has 2 aromatic carbocycles. The van der Waals surface area contributed by atoms with Gasteiger partial charge < -0.3 is 19.5 Å². The Balaban J connectivity index is 1.12. The lowest BCUT2D eigenvalue weighted by molar-refractivity contribution is -0.157. The maximum Gasteiger partial charge on any atom is 0.310 e. The van der Waals surface area contributed by atoms with Gasteiger partial charge in [-0.3, -0.25) is 14.4 Å². The standard InChI is InChI=1S/C23H21NO6/c25-19(24-14-6-8-16(9-7-14)29-15-4-2-1-3-5-15)12-28-22(26)20-13-10-17-18(11-13)30-23(27)21(17)20/h1-9,13,17-18,20-21H,10-12H2,(H,24,25). The summed E-state index contributed by atoms with van der Waals surface area (Å²) < 4.78 is 16.3. The summed E-state index contributed by atoms with van der Waals surface area (Å²) in [7, 11) is 0. The fourth-order valence-electron chi connectivity index (χ4n) is 4.99. The van der Waals surface area contributed by atoms with Crippen LogP contribution in [0.3, 0.4) is 0 Å². The number of benzene rings is 2. The number of nitrogens with one attached hydrogen (secondary N) is 1. The van der Waals surface area contributed by atoms with E-state index in [1.807, 2.05) is 30.3 Å². The molecule has 1 N–H and O–H groups in total. The van der Waals surface area contributed by atoms with Crippen molar-refractivity contribution in [3.05, 3.63) is 54.6 Å². The minimum absolute atomic E-state index is 0.0336. The summed E-state index contributed by atoms with van der Waals surface area (Å²) in [4.78, 5) is 36.7. The monoisotopic (exact) mass is 407 g/mol. The van der Waals surface area contributed by atoms with Crippen LogP contribution in [0.15, 0.2) is 54.6 Å². The Morgan fingerprint density at radius 3 is 2.50 bits per heavy atom. The van der Waals surface area contributed by atoms with Crippen LogP contribution in [0.4, 0.5) is 5.69 Å². The summed E-state index contributed by atoms with van der Waals surface area (Å²) in [6.07, 6.45) is 1.51. The molecule has 3 aliphatic rings. The number of hydrogen-bond acceptors (Lipinski definition) is 6. The van der Waals surface area contributed by atoms with Crippen molar-refractivity contribution in [3.8, 4) is 11.5 Å². The highest BCUT2D eigenvalue weighted by atomic mass is 16.6. The first-order valence-electron chi connectivity index (χ1n) is 10.1. The second kappa shape index (κ2) is 7.48. The van der Waals surface area contributed by atoms with Gasteiger partial charge in [-0.05, 0) is 55.2 Å². The summed E-state index contributed by atoms with van der Waals surface area (Å²) in [5, 5.41) is 2.69. The van der Waals surface area contributed by atoms with Gasteiger partial charge in [-0.1, -0.05) is 18.2 Å². The molecule has 2 aromatic rings. The Morgan fingerprint density at radius 1 is 1.00 bits per heavy atom. The van der Waals surface area contributed by atoms with Gasteiger partial charge in [-0.25, -0.2) is 0 Å². The quantitative estimate of drug-likeness (QED) is 0.740. The minimum atomic E-state index is -0.483. The van der Waals surface area contributed by atoms with Crippen LogP contribution in [0.25, 0.3) is 0 Å². The van der Waals surface area contributed by atoms with E-state index in [1.165, 1.54) is 0 Å². The van der Waals surface area contributed by atoms with E-state index < -0.39 is 23.7 Å². The van der Waals surface area contributed by atoms with Crippen molar-refractivity contribution in [1.29, 1.82) is 0 Å². The van der Waals surface area contributed by atoms with E-state index in [1.54, 1.807) is 24.3 Å². The van der Waals surface area contributed by atoms with E-state index in [9.17, 15) is 14.4 Å². The summed E-state index contributed by atoms with van der Waals surface area (Å²) in [6, 6.07) is 16.3. The normalized spacial score (nSPS) is 28.1. The van der Waals surface area contributed by atoms with Crippen molar-refractivity contribution in [2.24, 2.45) is 23.7 Å². The molecule has 7 nitrogen and oxygen atoms in total. The van der Waals surface area contributed by atoms with Crippen LogP contribution in [0, 0.1) is 23.7 Å². The number of rotatable bonds is 6. The lowest BCUT2D eigenvalue weighted by atomic mass is 9.80. The molecule has 3 fully saturated rings. The number of carbonyl (C=O) groups is 3. The zero-order valence-corrected chi connectivity index (χ0v) is 16.2. The maximum absolute atomic E-state index is 12.5. The molecule has 0 spiro atoms. The minimum Gasteiger partial charge on any atom is -0.462 e. The average molecular weight is 407 g/mol. The smallest absolute Gasteiger partial charge is 0.310 e. The molecule has 0 aromatic heterocycles. The predicted molar refractivity (Wildman–Crippen MR) is 106 cm³/mol. The van der Waals surface area contributed by atoms with Gasteiger partial charge in [0.25, 0.3) is 5.91 Å². The predicted octanol–water partition coefficient (Wildman–Crippen LogP) is 3.16. The molecule has 5 unspecified atom stereocenters. The van der Waals surface area contributed by atoms with Crippen LogP contribution in [0.2, 0.25) is 0 Å². The first-order chi connectivity index (χ1) is 14.6. The van der Waals surface area contributed by atoms with Crippen molar-refractivity contribution in [2.75, 3.05) is 11.9 Å². The molecular formula is C23H21NO6. The van der Waals surface area contributed by atoms with Gasteiger partial charge in [0.2, 0.25) is 0 Å². The van der Waals surface area contributed by atoms with E-state index in [0.717, 1.165) is 18.6 Å². The molecule has 5 rings (SSSR count). The highest BCUT2D eigenvalue weighted by Crippen LogP contribution is 2.57. The lowest BCUT2D eigenvalue weighted by Gasteiger charge is -2.22. The van der Waals surface area contributed by atoms with E-state index in [4.69, 9.17) is 14.2 Å². The summed E-state index contributed by atoms with van der Waals surface area (Å²) >= 11 is 0. The Morgan fingerprint density at radius 2 is 1.73 bits per heavy atom. The third-order valence-corrected chi connectivity index (χ3v) is 6.22. The van der Waals surface area contributed by atoms with Crippen LogP contribution in [0.5, 0.6) is 11.5 Å². The number of ether oxygens (including phenoxy) is 3. The SMILES string of the molecule is O=C(COC(=O)C1C2CC3OC(=O)C1C3C2)Nc1ccc(Oc2ccccc2)cc1. The molecule has 2 aliphatic carbocycles. The zero-order chi connectivity index (χ0) is 20.7. The molecule has 0 radical (unpaired) electrons. The van der Waals surface area contributed by atoms with Crippen molar-refractivity contribution < 1.29 is 28.6 Å². The van der Waals surface area contributed by atoms with Gasteiger partial charge in [0.1, 0.15) is 17.6 Å². The number of para-hydroxylation sites is 1. The summed E-state index contributed by atoms with van der Waals surface area (Å²) in [6.45, 7) is -0.389. The van der Waals surface area contributed by atoms with Gasteiger partial charge in [0.15, 0.2) is 6.61 Å². The highest BCUT2D eigenvalue weighted by molar-refractivity contribution is 5.93. The molecule has 154 valence electrons. The van der Waals surface area contributed by atoms with Crippen molar-refractivity contribution in [1.82, 2.24) is 0 Å². The van der Waals surface area contributed by atoms with E-state index in [-0.39, 0.29) is 30.5 Å². The molecule has 1 heterocycles. The van der Waals surface area contributed by atoms with Crippen LogP contribution >= 0.6 is 0 Å². The number of hydrogen-bond donors (Lipinski definition) is 1. The summed E-state index contributed by atoms with van der Waals surface area (Å²) in [5.41, 5.74) is 0.568. The number of carbonyl (C=O) groups excluding carboxylic acids is 3. The highest BCUT2D eigenvalue weighted by Gasteiger charge is 2.64. The number of fused-ring (bicyclic) bond motifs is 1. The van der Waals surface area contributed by atoms with Gasteiger partial charge in [-0.2, -0.15) is 0 Å². The Bertz CT molecular complexity index is 971. The van der Waals surface area contributed by atoms with Gasteiger partial charge in [0.05, 0.1) is 11.8 Å². The van der Waals surface area contributed by atoms with Crippen LogP contribution in [0.1, 0.15) is 12.8 Å². The Kier molecular flexibility index (Phi) is 4.65. The molecule has 30 heavy (non-hydrogen) atoms. The molecular weight excluding hydrogens is 386 g/mol. The molecule has 7 heteroatoms. The molecule has 5 atom stereocenters. The summed E-state index contributed by atoms with van der Waals surface area (Å²) in [5.74, 6) is -0.488. The molecule has 2 bridgehead atoms. The largest absolute Gasteiger partial charge is 0.462 e. The fraction of sp³-hybridized carbons (Fsp3) is 0.348. The van der Waals surface area contributed by atoms with E-state index >= 15 is 0 Å². The second-order valence-electron chi connectivity index (χ2n) is 8.02. The second-order valence-corrected chi connectivity index (χ2v) is 8.02. The van der Waals surface area contributed by atoms with Crippen LogP contribution < -0.4 is 10.1 Å². The number of amides is 1. The number of anilines is 1. The van der Waals surface area contributed by atoms with Crippen molar-refractivity contribution in [3.63, 3.8) is 0 Å². The zero-order valence-electron chi connectivity index (χ0n) is 16.2. The van der Waals surface area contributed by atoms with Crippen molar-refractivity contribution in [2.45, 2.75) is 18.9 Å². The third-order valence-electron chi connectivity index (χ3n) is 6.22. The van der Waals surface area contributed by atoms with E-state index in [2.05, 4.69) is 5.32 Å². The molecule has 1 aliphatic heterocycles. The molecule has 2 saturated carbocycles. The third kappa shape index (κ3) is 3.40. The first kappa shape index (κ1) is 18.7. The van der Waals surface area contributed by atoms with Gasteiger partial charge in [-0.15, -0.1) is 0 Å². The number of esters is 2. The topological polar surface area (TPSA) is 90.9 Å².